The third-order valence-corrected chi connectivity index (χ3v) is 5.07. The van der Waals surface area contributed by atoms with Gasteiger partial charge in [-0.2, -0.15) is 0 Å². The first-order valence-corrected chi connectivity index (χ1v) is 11.0. The lowest BCUT2D eigenvalue weighted by atomic mass is 9.94. The highest BCUT2D eigenvalue weighted by Crippen LogP contribution is 2.38. The predicted molar refractivity (Wildman–Crippen MR) is 130 cm³/mol. The van der Waals surface area contributed by atoms with Gasteiger partial charge in [-0.1, -0.05) is 17.9 Å². The first kappa shape index (κ1) is 26.5. The van der Waals surface area contributed by atoms with Gasteiger partial charge in [-0.25, -0.2) is 9.59 Å². The Morgan fingerprint density at radius 1 is 1.12 bits per heavy atom. The van der Waals surface area contributed by atoms with Crippen molar-refractivity contribution >= 4 is 18.0 Å². The Labute approximate surface area is 201 Å². The number of carbonyl (C=O) groups excluding carboxylic acids is 3. The molecule has 1 aliphatic rings. The van der Waals surface area contributed by atoms with Crippen LogP contribution < -0.4 is 10.6 Å². The molecule has 1 aliphatic carbocycles. The SMILES string of the molecule is C=C[C@@H]1CC1C#CC#Cc1ccc(C(=O)N[C@H](C(=O)OC)C(C)(C)NC(=O)OC(C)(C)C)cc1. The summed E-state index contributed by atoms with van der Waals surface area (Å²) in [5, 5.41) is 5.27. The molecular formula is C27H32N2O5. The monoisotopic (exact) mass is 464 g/mol. The number of benzene rings is 1. The molecule has 180 valence electrons. The summed E-state index contributed by atoms with van der Waals surface area (Å²) in [6, 6.07) is 5.44. The third kappa shape index (κ3) is 8.01. The largest absolute Gasteiger partial charge is 0.467 e. The summed E-state index contributed by atoms with van der Waals surface area (Å²) in [6.45, 7) is 12.1. The number of carbonyl (C=O) groups is 3. The van der Waals surface area contributed by atoms with Gasteiger partial charge in [-0.05, 0) is 83.1 Å². The number of alkyl carbamates (subject to hydrolysis) is 1. The second-order valence-corrected chi connectivity index (χ2v) is 9.62. The van der Waals surface area contributed by atoms with E-state index in [0.29, 0.717) is 23.0 Å². The number of esters is 1. The fourth-order valence-electron chi connectivity index (χ4n) is 3.08. The molecule has 2 rings (SSSR count). The third-order valence-electron chi connectivity index (χ3n) is 5.07. The minimum atomic E-state index is -1.19. The maximum absolute atomic E-state index is 12.8. The van der Waals surface area contributed by atoms with Crippen molar-refractivity contribution in [3.05, 3.63) is 48.0 Å². The Balaban J connectivity index is 2.07. The molecule has 2 N–H and O–H groups in total. The summed E-state index contributed by atoms with van der Waals surface area (Å²) in [7, 11) is 1.21. The van der Waals surface area contributed by atoms with Crippen LogP contribution in [0.15, 0.2) is 36.9 Å². The zero-order valence-corrected chi connectivity index (χ0v) is 20.6. The predicted octanol–water partition coefficient (Wildman–Crippen LogP) is 3.44. The molecule has 1 aromatic rings. The first-order chi connectivity index (χ1) is 15.9. The number of hydrogen-bond donors (Lipinski definition) is 2. The number of allylic oxidation sites excluding steroid dienone is 1. The number of hydrogen-bond acceptors (Lipinski definition) is 5. The van der Waals surface area contributed by atoms with Crippen molar-refractivity contribution in [2.45, 2.75) is 58.2 Å². The number of amides is 2. The van der Waals surface area contributed by atoms with E-state index < -0.39 is 35.2 Å². The highest BCUT2D eigenvalue weighted by Gasteiger charge is 2.40. The van der Waals surface area contributed by atoms with Gasteiger partial charge in [0.1, 0.15) is 11.6 Å². The van der Waals surface area contributed by atoms with Crippen molar-refractivity contribution in [2.75, 3.05) is 7.11 Å². The summed E-state index contributed by atoms with van der Waals surface area (Å²) in [5.74, 6) is 11.3. The molecule has 34 heavy (non-hydrogen) atoms. The number of methoxy groups -OCH3 is 1. The second-order valence-electron chi connectivity index (χ2n) is 9.62. The first-order valence-electron chi connectivity index (χ1n) is 11.0. The Kier molecular flexibility index (Phi) is 8.54. The maximum atomic E-state index is 12.8. The van der Waals surface area contributed by atoms with Crippen LogP contribution in [0.25, 0.3) is 0 Å². The topological polar surface area (TPSA) is 93.7 Å². The fourth-order valence-corrected chi connectivity index (χ4v) is 3.08. The summed E-state index contributed by atoms with van der Waals surface area (Å²) >= 11 is 0. The van der Waals surface area contributed by atoms with Gasteiger partial charge >= 0.3 is 12.1 Å². The molecule has 2 amide bonds. The van der Waals surface area contributed by atoms with Gasteiger partial charge in [0.2, 0.25) is 0 Å². The summed E-state index contributed by atoms with van der Waals surface area (Å²) in [5.41, 5.74) is -0.878. The van der Waals surface area contributed by atoms with Crippen LogP contribution in [0.1, 0.15) is 57.0 Å². The van der Waals surface area contributed by atoms with Crippen molar-refractivity contribution < 1.29 is 23.9 Å². The molecule has 1 aromatic carbocycles. The van der Waals surface area contributed by atoms with E-state index in [-0.39, 0.29) is 0 Å². The highest BCUT2D eigenvalue weighted by atomic mass is 16.6. The van der Waals surface area contributed by atoms with Gasteiger partial charge in [0.25, 0.3) is 5.91 Å². The van der Waals surface area contributed by atoms with Gasteiger partial charge < -0.3 is 20.1 Å². The van der Waals surface area contributed by atoms with Gasteiger partial charge in [0.15, 0.2) is 0 Å². The van der Waals surface area contributed by atoms with Crippen molar-refractivity contribution in [1.29, 1.82) is 0 Å². The molecule has 1 unspecified atom stereocenters. The molecule has 0 spiro atoms. The molecule has 0 saturated heterocycles. The number of nitrogens with one attached hydrogen (secondary N) is 2. The molecule has 0 bridgehead atoms. The fraction of sp³-hybridized carbons (Fsp3) is 0.444. The van der Waals surface area contributed by atoms with Gasteiger partial charge in [-0.15, -0.1) is 6.58 Å². The van der Waals surface area contributed by atoms with Gasteiger partial charge in [-0.3, -0.25) is 4.79 Å². The Morgan fingerprint density at radius 2 is 1.76 bits per heavy atom. The number of ether oxygens (including phenoxy) is 2. The Morgan fingerprint density at radius 3 is 2.29 bits per heavy atom. The van der Waals surface area contributed by atoms with Crippen LogP contribution in [-0.2, 0) is 14.3 Å². The van der Waals surface area contributed by atoms with Crippen molar-refractivity contribution in [3.8, 4) is 23.7 Å². The van der Waals surface area contributed by atoms with E-state index in [1.165, 1.54) is 7.11 Å². The second kappa shape index (κ2) is 10.9. The maximum Gasteiger partial charge on any atom is 0.408 e. The van der Waals surface area contributed by atoms with E-state index in [2.05, 4.69) is 40.9 Å². The van der Waals surface area contributed by atoms with Crippen LogP contribution >= 0.6 is 0 Å². The molecule has 3 atom stereocenters. The smallest absolute Gasteiger partial charge is 0.408 e. The van der Waals surface area contributed by atoms with Gasteiger partial charge in [0, 0.05) is 17.0 Å². The van der Waals surface area contributed by atoms with E-state index in [9.17, 15) is 14.4 Å². The zero-order chi connectivity index (χ0) is 25.5. The summed E-state index contributed by atoms with van der Waals surface area (Å²) in [4.78, 5) is 37.5. The molecule has 0 aliphatic heterocycles. The molecule has 0 radical (unpaired) electrons. The molecule has 7 nitrogen and oxygen atoms in total. The minimum Gasteiger partial charge on any atom is -0.467 e. The van der Waals surface area contributed by atoms with Crippen LogP contribution in [0.2, 0.25) is 0 Å². The summed E-state index contributed by atoms with van der Waals surface area (Å²) < 4.78 is 10.1. The van der Waals surface area contributed by atoms with Crippen LogP contribution in [-0.4, -0.2) is 42.3 Å². The highest BCUT2D eigenvalue weighted by molar-refractivity contribution is 5.97. The number of rotatable bonds is 6. The van der Waals surface area contributed by atoms with Crippen LogP contribution in [0.3, 0.4) is 0 Å². The van der Waals surface area contributed by atoms with Gasteiger partial charge in [0.05, 0.1) is 12.6 Å². The van der Waals surface area contributed by atoms with Crippen molar-refractivity contribution in [2.24, 2.45) is 11.8 Å². The van der Waals surface area contributed by atoms with Crippen molar-refractivity contribution in [3.63, 3.8) is 0 Å². The minimum absolute atomic E-state index is 0.324. The Bertz CT molecular complexity index is 1060. The van der Waals surface area contributed by atoms with Crippen LogP contribution in [0, 0.1) is 35.5 Å². The molecule has 7 heteroatoms. The zero-order valence-electron chi connectivity index (χ0n) is 20.6. The lowest BCUT2D eigenvalue weighted by molar-refractivity contribution is -0.144. The molecule has 1 fully saturated rings. The van der Waals surface area contributed by atoms with E-state index in [0.717, 1.165) is 6.42 Å². The molecule has 0 aromatic heterocycles. The average molecular weight is 465 g/mol. The van der Waals surface area contributed by atoms with E-state index >= 15 is 0 Å². The van der Waals surface area contributed by atoms with Crippen LogP contribution in [0.4, 0.5) is 4.79 Å². The van der Waals surface area contributed by atoms with Crippen molar-refractivity contribution in [1.82, 2.24) is 10.6 Å². The molecular weight excluding hydrogens is 432 g/mol. The average Bonchev–Trinajstić information content (AvgIpc) is 3.51. The quantitative estimate of drug-likeness (QED) is 0.382. The van der Waals surface area contributed by atoms with E-state index in [1.807, 2.05) is 6.08 Å². The van der Waals surface area contributed by atoms with Crippen LogP contribution in [0.5, 0.6) is 0 Å². The molecule has 1 saturated carbocycles. The summed E-state index contributed by atoms with van der Waals surface area (Å²) in [6.07, 6.45) is 2.24. The molecule has 0 heterocycles. The normalized spacial score (nSPS) is 17.5. The standard InChI is InChI=1S/C27H32N2O5/c1-8-19-17-21(19)12-10-9-11-18-13-15-20(16-14-18)23(30)28-22(24(31)33-7)27(5,6)29-25(32)34-26(2,3)4/h8,13-16,19,21-22H,1,17H2,2-7H3,(H,28,30)(H,29,32)/t19-,21?,22-/m1/s1. The Hall–Kier alpha value is -3.71. The van der Waals surface area contributed by atoms with E-state index in [4.69, 9.17) is 9.47 Å². The lowest BCUT2D eigenvalue weighted by Crippen LogP contribution is -2.62. The lowest BCUT2D eigenvalue weighted by Gasteiger charge is -2.34. The van der Waals surface area contributed by atoms with E-state index in [1.54, 1.807) is 58.9 Å².